The molecular formula is C14H21ClNO+. The normalized spacial score (nSPS) is 16.6. The molecular weight excluding hydrogens is 234 g/mol. The minimum atomic E-state index is 0. The van der Waals surface area contributed by atoms with Gasteiger partial charge >= 0.3 is 0 Å². The molecule has 2 nitrogen and oxygen atoms in total. The van der Waals surface area contributed by atoms with Gasteiger partial charge in [-0.15, -0.1) is 12.4 Å². The zero-order valence-electron chi connectivity index (χ0n) is 10.9. The van der Waals surface area contributed by atoms with E-state index in [1.165, 1.54) is 16.8 Å². The highest BCUT2D eigenvalue weighted by Crippen LogP contribution is 2.30. The van der Waals surface area contributed by atoms with Crippen LogP contribution in [0.25, 0.3) is 5.57 Å². The molecule has 1 aromatic carbocycles. The molecule has 0 bridgehead atoms. The number of nitrogens with two attached hydrogens (primary N) is 1. The van der Waals surface area contributed by atoms with Crippen LogP contribution in [0.3, 0.4) is 0 Å². The molecule has 0 saturated carbocycles. The highest BCUT2D eigenvalue weighted by atomic mass is 35.5. The third-order valence-electron chi connectivity index (χ3n) is 2.88. The third kappa shape index (κ3) is 3.02. The first-order valence-corrected chi connectivity index (χ1v) is 5.84. The van der Waals surface area contributed by atoms with Gasteiger partial charge in [0.25, 0.3) is 0 Å². The van der Waals surface area contributed by atoms with Gasteiger partial charge in [-0.2, -0.15) is 0 Å². The molecule has 94 valence electrons. The predicted molar refractivity (Wildman–Crippen MR) is 74.2 cm³/mol. The molecule has 0 atom stereocenters. The lowest BCUT2D eigenvalue weighted by molar-refractivity contribution is -0.634. The lowest BCUT2D eigenvalue weighted by Crippen LogP contribution is -2.90. The van der Waals surface area contributed by atoms with E-state index < -0.39 is 0 Å². The van der Waals surface area contributed by atoms with Crippen LogP contribution in [-0.2, 0) is 0 Å². The lowest BCUT2D eigenvalue weighted by atomic mass is 9.91. The van der Waals surface area contributed by atoms with Gasteiger partial charge in [-0.05, 0) is 51.5 Å². The second-order valence-electron chi connectivity index (χ2n) is 4.98. The highest BCUT2D eigenvalue weighted by Gasteiger charge is 2.27. The molecule has 0 fully saturated rings. The van der Waals surface area contributed by atoms with Crippen LogP contribution in [-0.4, -0.2) is 12.1 Å². The summed E-state index contributed by atoms with van der Waals surface area (Å²) in [5.41, 5.74) is 4.10. The van der Waals surface area contributed by atoms with E-state index in [9.17, 15) is 0 Å². The van der Waals surface area contributed by atoms with Gasteiger partial charge < -0.3 is 10.1 Å². The lowest BCUT2D eigenvalue weighted by Gasteiger charge is -2.26. The summed E-state index contributed by atoms with van der Waals surface area (Å²) in [7, 11) is 0. The van der Waals surface area contributed by atoms with Crippen LogP contribution in [0.15, 0.2) is 24.3 Å². The fraction of sp³-hybridized carbons (Fsp3) is 0.429. The van der Waals surface area contributed by atoms with Crippen molar-refractivity contribution >= 4 is 23.7 Å². The Kier molecular flexibility index (Phi) is 4.23. The average molecular weight is 255 g/mol. The Morgan fingerprint density at radius 2 is 2.00 bits per heavy atom. The van der Waals surface area contributed by atoms with E-state index in [4.69, 9.17) is 4.74 Å². The van der Waals surface area contributed by atoms with Crippen molar-refractivity contribution in [1.29, 1.82) is 0 Å². The summed E-state index contributed by atoms with van der Waals surface area (Å²) in [5, 5.41) is 2.31. The Labute approximate surface area is 109 Å². The number of rotatable bonds is 2. The molecule has 0 radical (unpaired) electrons. The van der Waals surface area contributed by atoms with Gasteiger partial charge in [0.2, 0.25) is 0 Å². The van der Waals surface area contributed by atoms with Gasteiger partial charge in [-0.25, -0.2) is 0 Å². The number of halogens is 1. The third-order valence-corrected chi connectivity index (χ3v) is 2.88. The second-order valence-corrected chi connectivity index (χ2v) is 4.98. The maximum absolute atomic E-state index is 5.53. The Balaban J connectivity index is 0.00000144. The van der Waals surface area contributed by atoms with Crippen LogP contribution in [0.2, 0.25) is 0 Å². The van der Waals surface area contributed by atoms with Crippen LogP contribution in [0.5, 0.6) is 5.75 Å². The SMILES string of the molecule is CCOc1ccc2c(c1)C(C)=CC(C)(C)[NH2+]2.Cl. The quantitative estimate of drug-likeness (QED) is 0.807. The predicted octanol–water partition coefficient (Wildman–Crippen LogP) is 2.90. The summed E-state index contributed by atoms with van der Waals surface area (Å²) < 4.78 is 5.53. The minimum Gasteiger partial charge on any atom is -0.494 e. The molecule has 0 saturated heterocycles. The van der Waals surface area contributed by atoms with Crippen molar-refractivity contribution in [1.82, 2.24) is 0 Å². The molecule has 0 aliphatic carbocycles. The van der Waals surface area contributed by atoms with Crippen molar-refractivity contribution in [2.45, 2.75) is 33.2 Å². The first-order chi connectivity index (χ1) is 7.52. The van der Waals surface area contributed by atoms with Gasteiger partial charge in [0.1, 0.15) is 17.0 Å². The zero-order chi connectivity index (χ0) is 11.8. The molecule has 0 spiro atoms. The Hall–Kier alpha value is -0.990. The molecule has 17 heavy (non-hydrogen) atoms. The van der Waals surface area contributed by atoms with E-state index in [2.05, 4.69) is 44.3 Å². The molecule has 2 rings (SSSR count). The molecule has 0 unspecified atom stereocenters. The molecule has 0 amide bonds. The summed E-state index contributed by atoms with van der Waals surface area (Å²) in [4.78, 5) is 0. The van der Waals surface area contributed by atoms with Crippen molar-refractivity contribution in [3.05, 3.63) is 29.8 Å². The smallest absolute Gasteiger partial charge is 0.138 e. The Bertz CT molecular complexity index is 438. The van der Waals surface area contributed by atoms with Crippen LogP contribution < -0.4 is 10.1 Å². The van der Waals surface area contributed by atoms with E-state index >= 15 is 0 Å². The Morgan fingerprint density at radius 3 is 2.65 bits per heavy atom. The van der Waals surface area contributed by atoms with Gasteiger partial charge in [0.15, 0.2) is 0 Å². The molecule has 1 aromatic rings. The Morgan fingerprint density at radius 1 is 1.29 bits per heavy atom. The molecule has 1 heterocycles. The number of hydrogen-bond acceptors (Lipinski definition) is 1. The van der Waals surface area contributed by atoms with Crippen LogP contribution in [0.4, 0.5) is 5.69 Å². The number of allylic oxidation sites excluding steroid dienone is 1. The molecule has 1 aliphatic heterocycles. The summed E-state index contributed by atoms with van der Waals surface area (Å²) >= 11 is 0. The average Bonchev–Trinajstić information content (AvgIpc) is 2.18. The van der Waals surface area contributed by atoms with E-state index in [1.54, 1.807) is 0 Å². The fourth-order valence-corrected chi connectivity index (χ4v) is 2.34. The standard InChI is InChI=1S/C14H19NO.ClH/c1-5-16-11-6-7-13-12(8-11)10(2)9-14(3,4)15-13;/h6-9,15H,5H2,1-4H3;1H/p+1. The van der Waals surface area contributed by atoms with Crippen LogP contribution >= 0.6 is 12.4 Å². The topological polar surface area (TPSA) is 25.8 Å². The second kappa shape index (κ2) is 5.11. The molecule has 2 N–H and O–H groups in total. The molecule has 0 aromatic heterocycles. The van der Waals surface area contributed by atoms with Crippen LogP contribution in [0.1, 0.15) is 33.3 Å². The van der Waals surface area contributed by atoms with Crippen molar-refractivity contribution in [3.63, 3.8) is 0 Å². The summed E-state index contributed by atoms with van der Waals surface area (Å²) in [5.74, 6) is 0.960. The summed E-state index contributed by atoms with van der Waals surface area (Å²) in [6.45, 7) is 9.36. The largest absolute Gasteiger partial charge is 0.494 e. The van der Waals surface area contributed by atoms with E-state index in [0.29, 0.717) is 0 Å². The first-order valence-electron chi connectivity index (χ1n) is 5.84. The monoisotopic (exact) mass is 254 g/mol. The van der Waals surface area contributed by atoms with Gasteiger partial charge in [0.05, 0.1) is 6.61 Å². The minimum absolute atomic E-state index is 0. The van der Waals surface area contributed by atoms with Crippen molar-refractivity contribution in [3.8, 4) is 5.75 Å². The zero-order valence-corrected chi connectivity index (χ0v) is 11.7. The first kappa shape index (κ1) is 14.1. The fourth-order valence-electron chi connectivity index (χ4n) is 2.34. The molecule has 3 heteroatoms. The molecule has 1 aliphatic rings. The number of quaternary nitrogens is 1. The van der Waals surface area contributed by atoms with E-state index in [1.807, 2.05) is 13.0 Å². The maximum Gasteiger partial charge on any atom is 0.138 e. The number of ether oxygens (including phenoxy) is 1. The van der Waals surface area contributed by atoms with Crippen molar-refractivity contribution < 1.29 is 10.1 Å². The number of hydrogen-bond donors (Lipinski definition) is 1. The van der Waals surface area contributed by atoms with E-state index in [-0.39, 0.29) is 17.9 Å². The van der Waals surface area contributed by atoms with Crippen molar-refractivity contribution in [2.75, 3.05) is 6.61 Å². The number of benzene rings is 1. The maximum atomic E-state index is 5.53. The highest BCUT2D eigenvalue weighted by molar-refractivity contribution is 5.85. The van der Waals surface area contributed by atoms with Gasteiger partial charge in [0, 0.05) is 11.6 Å². The van der Waals surface area contributed by atoms with Gasteiger partial charge in [-0.3, -0.25) is 0 Å². The van der Waals surface area contributed by atoms with Gasteiger partial charge in [-0.1, -0.05) is 0 Å². The summed E-state index contributed by atoms with van der Waals surface area (Å²) in [6, 6.07) is 6.34. The van der Waals surface area contributed by atoms with Crippen molar-refractivity contribution in [2.24, 2.45) is 0 Å². The number of fused-ring (bicyclic) bond motifs is 1. The summed E-state index contributed by atoms with van der Waals surface area (Å²) in [6.07, 6.45) is 2.31. The van der Waals surface area contributed by atoms with Crippen LogP contribution in [0, 0.1) is 0 Å². The van der Waals surface area contributed by atoms with E-state index in [0.717, 1.165) is 12.4 Å².